The van der Waals surface area contributed by atoms with E-state index in [2.05, 4.69) is 41.2 Å². The van der Waals surface area contributed by atoms with Gasteiger partial charge in [-0.05, 0) is 38.8 Å². The lowest BCUT2D eigenvalue weighted by Crippen LogP contribution is -2.35. The molecule has 1 saturated heterocycles. The Bertz CT molecular complexity index is 313. The van der Waals surface area contributed by atoms with Gasteiger partial charge in [0.15, 0.2) is 0 Å². The average molecular weight is 221 g/mol. The van der Waals surface area contributed by atoms with E-state index in [1.165, 1.54) is 31.5 Å². The van der Waals surface area contributed by atoms with E-state index < -0.39 is 0 Å². The van der Waals surface area contributed by atoms with Gasteiger partial charge in [0.25, 0.3) is 0 Å². The number of piperidine rings is 1. The lowest BCUT2D eigenvalue weighted by molar-refractivity contribution is 0.393. The Hall–Kier alpha value is -0.830. The van der Waals surface area contributed by atoms with E-state index in [1.54, 1.807) is 0 Å². The maximum absolute atomic E-state index is 4.65. The minimum absolute atomic E-state index is 0.521. The van der Waals surface area contributed by atoms with Gasteiger partial charge in [0.05, 0.1) is 5.69 Å². The molecular formula is C13H23N3. The molecule has 0 spiro atoms. The number of nitrogens with one attached hydrogen (secondary N) is 1. The highest BCUT2D eigenvalue weighted by atomic mass is 15.3. The SMILES string of the molecule is CCC(C)n1ccc(CC2CCCCN2)n1. The van der Waals surface area contributed by atoms with Crippen molar-refractivity contribution in [1.29, 1.82) is 0 Å². The van der Waals surface area contributed by atoms with Crippen molar-refractivity contribution in [2.45, 2.75) is 58.0 Å². The Kier molecular flexibility index (Phi) is 3.99. The first kappa shape index (κ1) is 11.6. The summed E-state index contributed by atoms with van der Waals surface area (Å²) in [5, 5.41) is 8.22. The topological polar surface area (TPSA) is 29.9 Å². The van der Waals surface area contributed by atoms with Crippen LogP contribution in [0.25, 0.3) is 0 Å². The molecule has 3 heteroatoms. The maximum Gasteiger partial charge on any atom is 0.0640 e. The van der Waals surface area contributed by atoms with Gasteiger partial charge in [-0.1, -0.05) is 13.3 Å². The normalized spacial score (nSPS) is 23.2. The fraction of sp³-hybridized carbons (Fsp3) is 0.769. The molecular weight excluding hydrogens is 198 g/mol. The van der Waals surface area contributed by atoms with E-state index in [0.29, 0.717) is 12.1 Å². The predicted octanol–water partition coefficient (Wildman–Crippen LogP) is 2.54. The highest BCUT2D eigenvalue weighted by molar-refractivity contribution is 5.02. The van der Waals surface area contributed by atoms with Crippen molar-refractivity contribution >= 4 is 0 Å². The van der Waals surface area contributed by atoms with E-state index in [9.17, 15) is 0 Å². The zero-order valence-corrected chi connectivity index (χ0v) is 10.4. The van der Waals surface area contributed by atoms with Crippen molar-refractivity contribution in [3.63, 3.8) is 0 Å². The third kappa shape index (κ3) is 2.85. The zero-order valence-electron chi connectivity index (χ0n) is 10.4. The van der Waals surface area contributed by atoms with Crippen LogP contribution in [0.15, 0.2) is 12.3 Å². The molecule has 1 N–H and O–H groups in total. The molecule has 2 atom stereocenters. The molecule has 0 saturated carbocycles. The number of aromatic nitrogens is 2. The number of rotatable bonds is 4. The molecule has 0 aromatic carbocycles. The van der Waals surface area contributed by atoms with Gasteiger partial charge in [0, 0.05) is 24.7 Å². The lowest BCUT2D eigenvalue weighted by Gasteiger charge is -2.22. The summed E-state index contributed by atoms with van der Waals surface area (Å²) in [5.41, 5.74) is 1.24. The van der Waals surface area contributed by atoms with E-state index in [1.807, 2.05) is 0 Å². The molecule has 0 aliphatic carbocycles. The first-order chi connectivity index (χ1) is 7.79. The minimum atomic E-state index is 0.521. The van der Waals surface area contributed by atoms with Crippen LogP contribution in [-0.4, -0.2) is 22.4 Å². The fourth-order valence-corrected chi connectivity index (χ4v) is 2.27. The predicted molar refractivity (Wildman–Crippen MR) is 66.6 cm³/mol. The summed E-state index contributed by atoms with van der Waals surface area (Å²) in [7, 11) is 0. The summed E-state index contributed by atoms with van der Waals surface area (Å²) in [6.45, 7) is 5.60. The second-order valence-corrected chi connectivity index (χ2v) is 4.90. The second-order valence-electron chi connectivity index (χ2n) is 4.90. The van der Waals surface area contributed by atoms with Crippen LogP contribution < -0.4 is 5.32 Å². The third-order valence-corrected chi connectivity index (χ3v) is 3.57. The van der Waals surface area contributed by atoms with Crippen molar-refractivity contribution in [3.8, 4) is 0 Å². The molecule has 2 rings (SSSR count). The molecule has 3 nitrogen and oxygen atoms in total. The summed E-state index contributed by atoms with van der Waals surface area (Å²) >= 11 is 0. The molecule has 1 fully saturated rings. The van der Waals surface area contributed by atoms with Crippen LogP contribution in [0.5, 0.6) is 0 Å². The van der Waals surface area contributed by atoms with Crippen molar-refractivity contribution in [2.24, 2.45) is 0 Å². The van der Waals surface area contributed by atoms with Crippen LogP contribution in [0.1, 0.15) is 51.3 Å². The van der Waals surface area contributed by atoms with E-state index >= 15 is 0 Å². The Morgan fingerprint density at radius 1 is 1.56 bits per heavy atom. The standard InChI is InChI=1S/C13H23N3/c1-3-11(2)16-9-7-13(15-16)10-12-6-4-5-8-14-12/h7,9,11-12,14H,3-6,8,10H2,1-2H3. The van der Waals surface area contributed by atoms with Gasteiger partial charge in [-0.2, -0.15) is 5.10 Å². The molecule has 1 aliphatic heterocycles. The second kappa shape index (κ2) is 5.48. The number of hydrogen-bond acceptors (Lipinski definition) is 2. The molecule has 1 aromatic heterocycles. The highest BCUT2D eigenvalue weighted by Gasteiger charge is 2.14. The summed E-state index contributed by atoms with van der Waals surface area (Å²) in [5.74, 6) is 0. The van der Waals surface area contributed by atoms with Gasteiger partial charge in [0.2, 0.25) is 0 Å². The van der Waals surface area contributed by atoms with Crippen LogP contribution in [-0.2, 0) is 6.42 Å². The molecule has 16 heavy (non-hydrogen) atoms. The lowest BCUT2D eigenvalue weighted by atomic mass is 10.0. The van der Waals surface area contributed by atoms with E-state index in [0.717, 1.165) is 12.8 Å². The Balaban J connectivity index is 1.91. The van der Waals surface area contributed by atoms with Crippen LogP contribution in [0.2, 0.25) is 0 Å². The van der Waals surface area contributed by atoms with Crippen LogP contribution in [0, 0.1) is 0 Å². The summed E-state index contributed by atoms with van der Waals surface area (Å²) in [6, 6.07) is 3.34. The zero-order chi connectivity index (χ0) is 11.4. The van der Waals surface area contributed by atoms with Crippen LogP contribution in [0.4, 0.5) is 0 Å². The molecule has 0 bridgehead atoms. The van der Waals surface area contributed by atoms with Gasteiger partial charge in [-0.3, -0.25) is 4.68 Å². The molecule has 0 radical (unpaired) electrons. The van der Waals surface area contributed by atoms with E-state index in [4.69, 9.17) is 0 Å². The molecule has 2 heterocycles. The third-order valence-electron chi connectivity index (χ3n) is 3.57. The quantitative estimate of drug-likeness (QED) is 0.846. The smallest absolute Gasteiger partial charge is 0.0640 e. The monoisotopic (exact) mass is 221 g/mol. The van der Waals surface area contributed by atoms with Crippen molar-refractivity contribution in [3.05, 3.63) is 18.0 Å². The molecule has 2 unspecified atom stereocenters. The molecule has 1 aromatic rings. The largest absolute Gasteiger partial charge is 0.314 e. The van der Waals surface area contributed by atoms with Gasteiger partial charge >= 0.3 is 0 Å². The summed E-state index contributed by atoms with van der Waals surface area (Å²) in [4.78, 5) is 0. The summed E-state index contributed by atoms with van der Waals surface area (Å²) < 4.78 is 2.10. The van der Waals surface area contributed by atoms with Gasteiger partial charge in [-0.15, -0.1) is 0 Å². The molecule has 90 valence electrons. The highest BCUT2D eigenvalue weighted by Crippen LogP contribution is 2.14. The molecule has 0 amide bonds. The summed E-state index contributed by atoms with van der Waals surface area (Å²) in [6.07, 6.45) is 8.34. The van der Waals surface area contributed by atoms with Crippen molar-refractivity contribution in [2.75, 3.05) is 6.54 Å². The molecule has 1 aliphatic rings. The van der Waals surface area contributed by atoms with Crippen LogP contribution in [0.3, 0.4) is 0 Å². The van der Waals surface area contributed by atoms with Crippen molar-refractivity contribution < 1.29 is 0 Å². The van der Waals surface area contributed by atoms with Gasteiger partial charge in [0.1, 0.15) is 0 Å². The van der Waals surface area contributed by atoms with Gasteiger partial charge < -0.3 is 5.32 Å². The first-order valence-electron chi connectivity index (χ1n) is 6.57. The Morgan fingerprint density at radius 3 is 3.12 bits per heavy atom. The van der Waals surface area contributed by atoms with Crippen molar-refractivity contribution in [1.82, 2.24) is 15.1 Å². The maximum atomic E-state index is 4.65. The number of nitrogens with zero attached hydrogens (tertiary/aromatic N) is 2. The minimum Gasteiger partial charge on any atom is -0.314 e. The fourth-order valence-electron chi connectivity index (χ4n) is 2.27. The van der Waals surface area contributed by atoms with Gasteiger partial charge in [-0.25, -0.2) is 0 Å². The number of hydrogen-bond donors (Lipinski definition) is 1. The van der Waals surface area contributed by atoms with Crippen LogP contribution >= 0.6 is 0 Å². The first-order valence-corrected chi connectivity index (χ1v) is 6.57. The Labute approximate surface area is 98.2 Å². The van der Waals surface area contributed by atoms with E-state index in [-0.39, 0.29) is 0 Å². The average Bonchev–Trinajstić information content (AvgIpc) is 2.78. The Morgan fingerprint density at radius 2 is 2.44 bits per heavy atom.